The van der Waals surface area contributed by atoms with Crippen molar-refractivity contribution in [2.75, 3.05) is 0 Å². The van der Waals surface area contributed by atoms with Gasteiger partial charge in [-0.05, 0) is 12.8 Å². The molecular weight excluding hydrogens is 200 g/mol. The summed E-state index contributed by atoms with van der Waals surface area (Å²) in [6.45, 7) is 6.21. The van der Waals surface area contributed by atoms with E-state index < -0.39 is 0 Å². The van der Waals surface area contributed by atoms with Crippen molar-refractivity contribution in [1.82, 2.24) is 9.97 Å². The van der Waals surface area contributed by atoms with Crippen LogP contribution in [0.25, 0.3) is 0 Å². The normalized spacial score (nSPS) is 12.9. The van der Waals surface area contributed by atoms with Gasteiger partial charge in [-0.25, -0.2) is 4.98 Å². The highest BCUT2D eigenvalue weighted by molar-refractivity contribution is 6.16. The topological polar surface area (TPSA) is 35.0 Å². The van der Waals surface area contributed by atoms with E-state index >= 15 is 0 Å². The minimum Gasteiger partial charge on any atom is -0.473 e. The van der Waals surface area contributed by atoms with Gasteiger partial charge in [-0.15, -0.1) is 11.6 Å². The quantitative estimate of drug-likeness (QED) is 0.723. The summed E-state index contributed by atoms with van der Waals surface area (Å²) in [6, 6.07) is 0. The molecule has 0 N–H and O–H groups in total. The average molecular weight is 215 g/mol. The molecule has 78 valence electrons. The third kappa shape index (κ3) is 3.14. The lowest BCUT2D eigenvalue weighted by molar-refractivity contribution is 0.162. The smallest absolute Gasteiger partial charge is 0.232 e. The molecule has 0 fully saturated rings. The Morgan fingerprint density at radius 1 is 1.36 bits per heavy atom. The monoisotopic (exact) mass is 214 g/mol. The fourth-order valence-electron chi connectivity index (χ4n) is 0.834. The van der Waals surface area contributed by atoms with Gasteiger partial charge in [-0.1, -0.05) is 13.8 Å². The lowest BCUT2D eigenvalue weighted by atomic mass is 10.1. The van der Waals surface area contributed by atoms with Crippen LogP contribution in [0.2, 0.25) is 0 Å². The second kappa shape index (κ2) is 5.15. The van der Waals surface area contributed by atoms with Crippen molar-refractivity contribution in [1.29, 1.82) is 0 Å². The summed E-state index contributed by atoms with van der Waals surface area (Å²) in [5.74, 6) is 1.36. The Hall–Kier alpha value is -0.830. The van der Waals surface area contributed by atoms with E-state index in [1.807, 2.05) is 6.92 Å². The highest BCUT2D eigenvalue weighted by Crippen LogP contribution is 2.12. The zero-order chi connectivity index (χ0) is 10.6. The molecule has 1 heterocycles. The Bertz CT molecular complexity index is 291. The van der Waals surface area contributed by atoms with Crippen LogP contribution in [0.1, 0.15) is 26.5 Å². The first-order valence-electron chi connectivity index (χ1n) is 4.67. The van der Waals surface area contributed by atoms with Crippen molar-refractivity contribution in [3.05, 3.63) is 18.1 Å². The molecule has 0 aliphatic carbocycles. The Morgan fingerprint density at radius 2 is 2.07 bits per heavy atom. The molecule has 0 saturated carbocycles. The largest absolute Gasteiger partial charge is 0.473 e. The van der Waals surface area contributed by atoms with Gasteiger partial charge in [0.05, 0.1) is 23.9 Å². The molecule has 1 aromatic rings. The van der Waals surface area contributed by atoms with Gasteiger partial charge in [0.1, 0.15) is 0 Å². The second-order valence-corrected chi connectivity index (χ2v) is 3.82. The van der Waals surface area contributed by atoms with Crippen LogP contribution in [0.15, 0.2) is 12.4 Å². The molecule has 0 saturated heterocycles. The molecule has 4 heteroatoms. The zero-order valence-electron chi connectivity index (χ0n) is 8.70. The maximum atomic E-state index is 5.64. The SMILES string of the molecule is CC(C)C(C)Oc1cncc(CCl)n1. The summed E-state index contributed by atoms with van der Waals surface area (Å²) in [7, 11) is 0. The number of hydrogen-bond donors (Lipinski definition) is 0. The van der Waals surface area contributed by atoms with Crippen molar-refractivity contribution in [2.24, 2.45) is 5.92 Å². The van der Waals surface area contributed by atoms with Gasteiger partial charge in [0.2, 0.25) is 5.88 Å². The van der Waals surface area contributed by atoms with Gasteiger partial charge in [0, 0.05) is 6.20 Å². The lowest BCUT2D eigenvalue weighted by Gasteiger charge is -2.16. The Labute approximate surface area is 89.5 Å². The maximum absolute atomic E-state index is 5.64. The van der Waals surface area contributed by atoms with E-state index in [4.69, 9.17) is 16.3 Å². The molecule has 0 aliphatic heterocycles. The summed E-state index contributed by atoms with van der Waals surface area (Å²) in [4.78, 5) is 8.19. The zero-order valence-corrected chi connectivity index (χ0v) is 9.45. The van der Waals surface area contributed by atoms with Crippen LogP contribution in [-0.2, 0) is 5.88 Å². The van der Waals surface area contributed by atoms with Gasteiger partial charge in [-0.3, -0.25) is 4.98 Å². The van der Waals surface area contributed by atoms with Crippen LogP contribution in [0.4, 0.5) is 0 Å². The summed E-state index contributed by atoms with van der Waals surface area (Å²) in [5.41, 5.74) is 0.736. The number of rotatable bonds is 4. The van der Waals surface area contributed by atoms with Gasteiger partial charge in [0.25, 0.3) is 0 Å². The maximum Gasteiger partial charge on any atom is 0.232 e. The van der Waals surface area contributed by atoms with E-state index in [-0.39, 0.29) is 6.10 Å². The van der Waals surface area contributed by atoms with Crippen LogP contribution in [-0.4, -0.2) is 16.1 Å². The molecule has 14 heavy (non-hydrogen) atoms. The molecule has 1 rings (SSSR count). The molecule has 0 radical (unpaired) electrons. The van der Waals surface area contributed by atoms with Gasteiger partial charge >= 0.3 is 0 Å². The van der Waals surface area contributed by atoms with Crippen molar-refractivity contribution < 1.29 is 4.74 Å². The molecule has 0 amide bonds. The molecule has 1 atom stereocenters. The Morgan fingerprint density at radius 3 is 2.64 bits per heavy atom. The number of alkyl halides is 1. The highest BCUT2D eigenvalue weighted by atomic mass is 35.5. The third-order valence-corrected chi connectivity index (χ3v) is 2.32. The van der Waals surface area contributed by atoms with Gasteiger partial charge < -0.3 is 4.74 Å². The standard InChI is InChI=1S/C10H15ClN2O/c1-7(2)8(3)14-10-6-12-5-9(4-11)13-10/h5-8H,4H2,1-3H3. The van der Waals surface area contributed by atoms with E-state index in [1.165, 1.54) is 0 Å². The van der Waals surface area contributed by atoms with Crippen LogP contribution in [0.3, 0.4) is 0 Å². The minimum atomic E-state index is 0.134. The number of ether oxygens (including phenoxy) is 1. The number of hydrogen-bond acceptors (Lipinski definition) is 3. The predicted molar refractivity (Wildman–Crippen MR) is 56.5 cm³/mol. The van der Waals surface area contributed by atoms with E-state index in [2.05, 4.69) is 23.8 Å². The van der Waals surface area contributed by atoms with E-state index in [9.17, 15) is 0 Å². The molecule has 0 spiro atoms. The summed E-state index contributed by atoms with van der Waals surface area (Å²) >= 11 is 5.64. The van der Waals surface area contributed by atoms with Gasteiger partial charge in [0.15, 0.2) is 0 Å². The molecule has 1 unspecified atom stereocenters. The molecule has 1 aromatic heterocycles. The van der Waals surface area contributed by atoms with E-state index in [1.54, 1.807) is 12.4 Å². The van der Waals surface area contributed by atoms with Crippen molar-refractivity contribution in [2.45, 2.75) is 32.8 Å². The first kappa shape index (κ1) is 11.2. The number of aromatic nitrogens is 2. The van der Waals surface area contributed by atoms with E-state index in [0.29, 0.717) is 17.7 Å². The first-order valence-corrected chi connectivity index (χ1v) is 5.20. The fourth-order valence-corrected chi connectivity index (χ4v) is 0.963. The minimum absolute atomic E-state index is 0.134. The first-order chi connectivity index (χ1) is 6.63. The van der Waals surface area contributed by atoms with Gasteiger partial charge in [-0.2, -0.15) is 0 Å². The number of halogens is 1. The lowest BCUT2D eigenvalue weighted by Crippen LogP contribution is -2.19. The molecular formula is C10H15ClN2O. The van der Waals surface area contributed by atoms with Crippen molar-refractivity contribution in [3.8, 4) is 5.88 Å². The van der Waals surface area contributed by atoms with Crippen LogP contribution < -0.4 is 4.74 Å². The van der Waals surface area contributed by atoms with Crippen LogP contribution in [0, 0.1) is 5.92 Å². The fraction of sp³-hybridized carbons (Fsp3) is 0.600. The molecule has 3 nitrogen and oxygen atoms in total. The Kier molecular flexibility index (Phi) is 4.14. The molecule has 0 bridgehead atoms. The summed E-state index contributed by atoms with van der Waals surface area (Å²) in [6.07, 6.45) is 3.38. The van der Waals surface area contributed by atoms with Crippen molar-refractivity contribution in [3.63, 3.8) is 0 Å². The second-order valence-electron chi connectivity index (χ2n) is 3.55. The highest BCUT2D eigenvalue weighted by Gasteiger charge is 2.09. The van der Waals surface area contributed by atoms with Crippen LogP contribution in [0.5, 0.6) is 5.88 Å². The van der Waals surface area contributed by atoms with Crippen molar-refractivity contribution >= 4 is 11.6 Å². The number of nitrogens with zero attached hydrogens (tertiary/aromatic N) is 2. The predicted octanol–water partition coefficient (Wildman–Crippen LogP) is 2.64. The molecule has 0 aliphatic rings. The summed E-state index contributed by atoms with van der Waals surface area (Å²) < 4.78 is 5.59. The Balaban J connectivity index is 2.66. The average Bonchev–Trinajstić information content (AvgIpc) is 2.18. The molecule has 0 aromatic carbocycles. The van der Waals surface area contributed by atoms with E-state index in [0.717, 1.165) is 5.69 Å². The third-order valence-electron chi connectivity index (χ3n) is 2.04. The summed E-state index contributed by atoms with van der Waals surface area (Å²) in [5, 5.41) is 0. The van der Waals surface area contributed by atoms with Crippen LogP contribution >= 0.6 is 11.6 Å².